The third-order valence-corrected chi connectivity index (χ3v) is 4.83. The molecule has 1 atom stereocenters. The van der Waals surface area contributed by atoms with Gasteiger partial charge in [0.05, 0.1) is 12.7 Å². The number of nitrogens with one attached hydrogen (secondary N) is 1. The standard InChI is InChI=1S/C16H22BrNO3/c1-19-15-9-12(17)8-14(10-15)18-13-2-5-21-16(11-13)3-6-20-7-4-16/h8-10,13,18H,2-7,11H2,1H3. The Balaban J connectivity index is 1.68. The van der Waals surface area contributed by atoms with Gasteiger partial charge < -0.3 is 19.5 Å². The van der Waals surface area contributed by atoms with Gasteiger partial charge in [0, 0.05) is 42.1 Å². The largest absolute Gasteiger partial charge is 0.497 e. The first kappa shape index (κ1) is 15.1. The van der Waals surface area contributed by atoms with Crippen LogP contribution in [0.4, 0.5) is 5.69 Å². The molecule has 0 aliphatic carbocycles. The summed E-state index contributed by atoms with van der Waals surface area (Å²) in [7, 11) is 1.69. The minimum Gasteiger partial charge on any atom is -0.497 e. The van der Waals surface area contributed by atoms with Crippen LogP contribution in [0.25, 0.3) is 0 Å². The van der Waals surface area contributed by atoms with E-state index in [1.54, 1.807) is 7.11 Å². The average molecular weight is 356 g/mol. The Morgan fingerprint density at radius 1 is 1.24 bits per heavy atom. The molecule has 21 heavy (non-hydrogen) atoms. The lowest BCUT2D eigenvalue weighted by Crippen LogP contribution is -2.47. The highest BCUT2D eigenvalue weighted by molar-refractivity contribution is 9.10. The highest BCUT2D eigenvalue weighted by Crippen LogP contribution is 2.36. The molecular formula is C16H22BrNO3. The summed E-state index contributed by atoms with van der Waals surface area (Å²) in [6.45, 7) is 2.46. The number of hydrogen-bond acceptors (Lipinski definition) is 4. The average Bonchev–Trinajstić information content (AvgIpc) is 2.47. The van der Waals surface area contributed by atoms with Crippen LogP contribution in [-0.2, 0) is 9.47 Å². The Hall–Kier alpha value is -0.780. The van der Waals surface area contributed by atoms with Crippen molar-refractivity contribution < 1.29 is 14.2 Å². The van der Waals surface area contributed by atoms with Crippen LogP contribution in [0.2, 0.25) is 0 Å². The van der Waals surface area contributed by atoms with Crippen LogP contribution >= 0.6 is 15.9 Å². The molecule has 2 saturated heterocycles. The van der Waals surface area contributed by atoms with Crippen LogP contribution in [0.5, 0.6) is 5.75 Å². The fourth-order valence-electron chi connectivity index (χ4n) is 3.24. The molecular weight excluding hydrogens is 334 g/mol. The molecule has 0 radical (unpaired) electrons. The van der Waals surface area contributed by atoms with Crippen LogP contribution in [0, 0.1) is 0 Å². The van der Waals surface area contributed by atoms with E-state index in [-0.39, 0.29) is 5.60 Å². The Kier molecular flexibility index (Phi) is 4.72. The van der Waals surface area contributed by atoms with Crippen molar-refractivity contribution in [3.63, 3.8) is 0 Å². The first-order chi connectivity index (χ1) is 10.2. The van der Waals surface area contributed by atoms with Gasteiger partial charge in [0.25, 0.3) is 0 Å². The van der Waals surface area contributed by atoms with Gasteiger partial charge in [0.15, 0.2) is 0 Å². The van der Waals surface area contributed by atoms with E-state index in [0.29, 0.717) is 6.04 Å². The minimum atomic E-state index is 0.0181. The Morgan fingerprint density at radius 2 is 2.05 bits per heavy atom. The molecule has 1 N–H and O–H groups in total. The molecule has 2 fully saturated rings. The quantitative estimate of drug-likeness (QED) is 0.899. The molecule has 2 aliphatic heterocycles. The number of rotatable bonds is 3. The van der Waals surface area contributed by atoms with Gasteiger partial charge in [-0.25, -0.2) is 0 Å². The van der Waals surface area contributed by atoms with Crippen LogP contribution in [0.1, 0.15) is 25.7 Å². The topological polar surface area (TPSA) is 39.7 Å². The molecule has 0 saturated carbocycles. The first-order valence-electron chi connectivity index (χ1n) is 7.52. The summed E-state index contributed by atoms with van der Waals surface area (Å²) in [4.78, 5) is 0. The van der Waals surface area contributed by atoms with E-state index >= 15 is 0 Å². The number of benzene rings is 1. The number of methoxy groups -OCH3 is 1. The zero-order valence-corrected chi connectivity index (χ0v) is 13.9. The van der Waals surface area contributed by atoms with Crippen LogP contribution in [-0.4, -0.2) is 38.6 Å². The third kappa shape index (κ3) is 3.71. The van der Waals surface area contributed by atoms with Crippen molar-refractivity contribution in [1.29, 1.82) is 0 Å². The van der Waals surface area contributed by atoms with Crippen LogP contribution in [0.3, 0.4) is 0 Å². The lowest BCUT2D eigenvalue weighted by molar-refractivity contribution is -0.135. The van der Waals surface area contributed by atoms with Gasteiger partial charge in [-0.2, -0.15) is 0 Å². The fraction of sp³-hybridized carbons (Fsp3) is 0.625. The zero-order valence-electron chi connectivity index (χ0n) is 12.4. The third-order valence-electron chi connectivity index (χ3n) is 4.37. The molecule has 1 unspecified atom stereocenters. The molecule has 1 aromatic carbocycles. The molecule has 116 valence electrons. The van der Waals surface area contributed by atoms with Crippen molar-refractivity contribution in [3.05, 3.63) is 22.7 Å². The van der Waals surface area contributed by atoms with Crippen molar-refractivity contribution in [1.82, 2.24) is 0 Å². The van der Waals surface area contributed by atoms with Gasteiger partial charge >= 0.3 is 0 Å². The van der Waals surface area contributed by atoms with E-state index in [2.05, 4.69) is 27.3 Å². The number of halogens is 1. The summed E-state index contributed by atoms with van der Waals surface area (Å²) < 4.78 is 17.9. The van der Waals surface area contributed by atoms with Gasteiger partial charge in [-0.05, 0) is 37.8 Å². The molecule has 2 aliphatic rings. The van der Waals surface area contributed by atoms with E-state index in [9.17, 15) is 0 Å². The fourth-order valence-corrected chi connectivity index (χ4v) is 3.71. The second-order valence-electron chi connectivity index (χ2n) is 5.86. The minimum absolute atomic E-state index is 0.0181. The molecule has 5 heteroatoms. The molecule has 1 aromatic rings. The second kappa shape index (κ2) is 6.55. The molecule has 3 rings (SSSR count). The predicted octanol–water partition coefficient (Wildman–Crippen LogP) is 3.60. The van der Waals surface area contributed by atoms with Gasteiger partial charge in [-0.15, -0.1) is 0 Å². The van der Waals surface area contributed by atoms with E-state index < -0.39 is 0 Å². The number of ether oxygens (including phenoxy) is 3. The van der Waals surface area contributed by atoms with Crippen molar-refractivity contribution >= 4 is 21.6 Å². The molecule has 0 amide bonds. The van der Waals surface area contributed by atoms with E-state index in [1.807, 2.05) is 12.1 Å². The van der Waals surface area contributed by atoms with E-state index in [1.165, 1.54) is 0 Å². The van der Waals surface area contributed by atoms with Crippen LogP contribution < -0.4 is 10.1 Å². The van der Waals surface area contributed by atoms with Crippen molar-refractivity contribution in [2.75, 3.05) is 32.2 Å². The number of anilines is 1. The SMILES string of the molecule is COc1cc(Br)cc(NC2CCOC3(CCOCC3)C2)c1. The molecule has 1 spiro atoms. The van der Waals surface area contributed by atoms with Gasteiger partial charge in [-0.1, -0.05) is 15.9 Å². The maximum Gasteiger partial charge on any atom is 0.122 e. The van der Waals surface area contributed by atoms with Gasteiger partial charge in [0.1, 0.15) is 5.75 Å². The monoisotopic (exact) mass is 355 g/mol. The van der Waals surface area contributed by atoms with Crippen molar-refractivity contribution in [2.45, 2.75) is 37.3 Å². The van der Waals surface area contributed by atoms with Gasteiger partial charge in [-0.3, -0.25) is 0 Å². The zero-order chi connectivity index (χ0) is 14.7. The summed E-state index contributed by atoms with van der Waals surface area (Å²) >= 11 is 3.53. The second-order valence-corrected chi connectivity index (χ2v) is 6.77. The summed E-state index contributed by atoms with van der Waals surface area (Å²) in [5, 5.41) is 3.64. The van der Waals surface area contributed by atoms with E-state index in [0.717, 1.165) is 61.4 Å². The van der Waals surface area contributed by atoms with E-state index in [4.69, 9.17) is 14.2 Å². The summed E-state index contributed by atoms with van der Waals surface area (Å²) in [5.74, 6) is 0.861. The lowest BCUT2D eigenvalue weighted by atomic mass is 9.84. The smallest absolute Gasteiger partial charge is 0.122 e. The summed E-state index contributed by atoms with van der Waals surface area (Å²) in [5.41, 5.74) is 1.11. The summed E-state index contributed by atoms with van der Waals surface area (Å²) in [6, 6.07) is 6.54. The van der Waals surface area contributed by atoms with Crippen molar-refractivity contribution in [2.24, 2.45) is 0 Å². The maximum absolute atomic E-state index is 6.09. The van der Waals surface area contributed by atoms with Crippen LogP contribution in [0.15, 0.2) is 22.7 Å². The highest BCUT2D eigenvalue weighted by Gasteiger charge is 2.38. The van der Waals surface area contributed by atoms with Crippen molar-refractivity contribution in [3.8, 4) is 5.75 Å². The Labute approximate surface area is 134 Å². The predicted molar refractivity (Wildman–Crippen MR) is 86.1 cm³/mol. The Morgan fingerprint density at radius 3 is 2.81 bits per heavy atom. The van der Waals surface area contributed by atoms with Gasteiger partial charge in [0.2, 0.25) is 0 Å². The normalized spacial score (nSPS) is 24.8. The molecule has 0 bridgehead atoms. The maximum atomic E-state index is 6.09. The Bertz CT molecular complexity index is 483. The molecule has 4 nitrogen and oxygen atoms in total. The summed E-state index contributed by atoms with van der Waals surface area (Å²) in [6.07, 6.45) is 4.10. The molecule has 2 heterocycles. The lowest BCUT2D eigenvalue weighted by Gasteiger charge is -2.43. The number of hydrogen-bond donors (Lipinski definition) is 1. The first-order valence-corrected chi connectivity index (χ1v) is 8.31. The highest BCUT2D eigenvalue weighted by atomic mass is 79.9. The molecule has 0 aromatic heterocycles.